The highest BCUT2D eigenvalue weighted by atomic mass is 31.2. The maximum atomic E-state index is 10.7. The van der Waals surface area contributed by atoms with E-state index >= 15 is 0 Å². The monoisotopic (exact) mass is 178 g/mol. The van der Waals surface area contributed by atoms with E-state index in [1.165, 1.54) is 0 Å². The zero-order valence-electron chi connectivity index (χ0n) is 6.32. The molecule has 0 aromatic rings. The van der Waals surface area contributed by atoms with Crippen LogP contribution in [0.2, 0.25) is 0 Å². The van der Waals surface area contributed by atoms with Crippen molar-refractivity contribution in [2.75, 3.05) is 6.61 Å². The van der Waals surface area contributed by atoms with Gasteiger partial charge in [-0.25, -0.2) is 4.57 Å². The Morgan fingerprint density at radius 2 is 2.36 bits per heavy atom. The van der Waals surface area contributed by atoms with Crippen LogP contribution in [0.15, 0.2) is 0 Å². The lowest BCUT2D eigenvalue weighted by Gasteiger charge is -2.06. The standard InChI is InChI=1S/C6H11O4P/c1-3-5-6-10-11(7,8)9-4-2/h2H,3,5-6H2,1H3,(H,7,8). The van der Waals surface area contributed by atoms with Crippen LogP contribution in [-0.2, 0) is 13.6 Å². The van der Waals surface area contributed by atoms with Crippen LogP contribution in [0.4, 0.5) is 0 Å². The number of rotatable bonds is 5. The quantitative estimate of drug-likeness (QED) is 0.394. The molecule has 0 aromatic heterocycles. The third-order valence-electron chi connectivity index (χ3n) is 0.920. The first-order valence-electron chi connectivity index (χ1n) is 3.24. The highest BCUT2D eigenvalue weighted by Gasteiger charge is 2.20. The van der Waals surface area contributed by atoms with Crippen LogP contribution in [0.3, 0.4) is 0 Å². The highest BCUT2D eigenvalue weighted by molar-refractivity contribution is 7.47. The SMILES string of the molecule is C#COP(=O)(O)OCCCC. The fraction of sp³-hybridized carbons (Fsp3) is 0.667. The molecule has 5 heteroatoms. The van der Waals surface area contributed by atoms with Crippen LogP contribution in [0.5, 0.6) is 0 Å². The Morgan fingerprint density at radius 3 is 2.82 bits per heavy atom. The lowest BCUT2D eigenvalue weighted by atomic mass is 10.4. The predicted molar refractivity (Wildman–Crippen MR) is 40.6 cm³/mol. The van der Waals surface area contributed by atoms with Gasteiger partial charge in [0.2, 0.25) is 0 Å². The van der Waals surface area contributed by atoms with Gasteiger partial charge in [-0.15, -0.1) is 0 Å². The van der Waals surface area contributed by atoms with Crippen molar-refractivity contribution in [2.45, 2.75) is 19.8 Å². The van der Waals surface area contributed by atoms with E-state index in [0.717, 1.165) is 6.42 Å². The van der Waals surface area contributed by atoms with Crippen LogP contribution in [0.1, 0.15) is 19.8 Å². The smallest absolute Gasteiger partial charge is 0.350 e. The zero-order chi connectivity index (χ0) is 8.74. The second kappa shape index (κ2) is 5.20. The summed E-state index contributed by atoms with van der Waals surface area (Å²) in [6.07, 6.45) is 7.82. The first-order chi connectivity index (χ1) is 5.12. The molecular weight excluding hydrogens is 167 g/mol. The minimum Gasteiger partial charge on any atom is -0.350 e. The van der Waals surface area contributed by atoms with E-state index in [1.54, 1.807) is 6.11 Å². The highest BCUT2D eigenvalue weighted by Crippen LogP contribution is 2.42. The van der Waals surface area contributed by atoms with Gasteiger partial charge in [-0.2, -0.15) is 0 Å². The lowest BCUT2D eigenvalue weighted by Crippen LogP contribution is -1.93. The van der Waals surface area contributed by atoms with Crippen molar-refractivity contribution >= 4 is 7.82 Å². The molecule has 64 valence electrons. The molecule has 0 aliphatic heterocycles. The average molecular weight is 178 g/mol. The van der Waals surface area contributed by atoms with Gasteiger partial charge in [0.1, 0.15) is 6.11 Å². The van der Waals surface area contributed by atoms with Gasteiger partial charge < -0.3 is 4.52 Å². The summed E-state index contributed by atoms with van der Waals surface area (Å²) >= 11 is 0. The predicted octanol–water partition coefficient (Wildman–Crippen LogP) is 1.51. The number of hydrogen-bond acceptors (Lipinski definition) is 3. The molecule has 0 rings (SSSR count). The lowest BCUT2D eigenvalue weighted by molar-refractivity contribution is 0.192. The maximum Gasteiger partial charge on any atom is 0.535 e. The molecular formula is C6H11O4P. The number of unbranched alkanes of at least 4 members (excludes halogenated alkanes) is 1. The Labute approximate surface area is 66.1 Å². The first-order valence-corrected chi connectivity index (χ1v) is 4.73. The fourth-order valence-corrected chi connectivity index (χ4v) is 0.963. The topological polar surface area (TPSA) is 55.8 Å². The zero-order valence-corrected chi connectivity index (χ0v) is 7.21. The van der Waals surface area contributed by atoms with Gasteiger partial charge in [0, 0.05) is 0 Å². The molecule has 0 spiro atoms. The molecule has 0 fully saturated rings. The summed E-state index contributed by atoms with van der Waals surface area (Å²) in [4.78, 5) is 8.71. The van der Waals surface area contributed by atoms with Crippen molar-refractivity contribution in [2.24, 2.45) is 0 Å². The molecule has 0 aliphatic rings. The van der Waals surface area contributed by atoms with E-state index in [1.807, 2.05) is 6.92 Å². The third-order valence-corrected chi connectivity index (χ3v) is 1.77. The van der Waals surface area contributed by atoms with Crippen molar-refractivity contribution in [3.8, 4) is 12.5 Å². The Bertz CT molecular complexity index is 184. The Kier molecular flexibility index (Phi) is 4.97. The van der Waals surface area contributed by atoms with Crippen LogP contribution in [0.25, 0.3) is 0 Å². The van der Waals surface area contributed by atoms with Gasteiger partial charge in [-0.3, -0.25) is 9.42 Å². The summed E-state index contributed by atoms with van der Waals surface area (Å²) in [6.45, 7) is 2.12. The summed E-state index contributed by atoms with van der Waals surface area (Å²) in [6, 6.07) is 0. The summed E-state index contributed by atoms with van der Waals surface area (Å²) in [5.41, 5.74) is 0. The number of hydrogen-bond donors (Lipinski definition) is 1. The maximum absolute atomic E-state index is 10.7. The van der Waals surface area contributed by atoms with E-state index in [9.17, 15) is 4.57 Å². The van der Waals surface area contributed by atoms with E-state index < -0.39 is 7.82 Å². The van der Waals surface area contributed by atoms with Crippen molar-refractivity contribution < 1.29 is 18.5 Å². The second-order valence-electron chi connectivity index (χ2n) is 1.86. The molecule has 0 aromatic carbocycles. The molecule has 0 amide bonds. The van der Waals surface area contributed by atoms with Crippen molar-refractivity contribution in [1.29, 1.82) is 0 Å². The van der Waals surface area contributed by atoms with Gasteiger partial charge in [0.25, 0.3) is 0 Å². The van der Waals surface area contributed by atoms with Crippen LogP contribution < -0.4 is 0 Å². The van der Waals surface area contributed by atoms with Gasteiger partial charge >= 0.3 is 7.82 Å². The number of phosphoric ester groups is 1. The molecule has 0 bridgehead atoms. The molecule has 1 N–H and O–H groups in total. The largest absolute Gasteiger partial charge is 0.535 e. The third kappa shape index (κ3) is 5.93. The molecule has 0 saturated heterocycles. The second-order valence-corrected chi connectivity index (χ2v) is 3.24. The minimum absolute atomic E-state index is 0.186. The Balaban J connectivity index is 3.58. The summed E-state index contributed by atoms with van der Waals surface area (Å²) in [7, 11) is -3.96. The van der Waals surface area contributed by atoms with E-state index in [2.05, 4.69) is 15.5 Å². The first kappa shape index (κ1) is 10.5. The molecule has 1 unspecified atom stereocenters. The van der Waals surface area contributed by atoms with Crippen molar-refractivity contribution in [1.82, 2.24) is 0 Å². The normalized spacial score (nSPS) is 15.0. The van der Waals surface area contributed by atoms with Crippen LogP contribution in [-0.4, -0.2) is 11.5 Å². The van der Waals surface area contributed by atoms with Crippen molar-refractivity contribution in [3.05, 3.63) is 0 Å². The molecule has 4 nitrogen and oxygen atoms in total. The van der Waals surface area contributed by atoms with Crippen molar-refractivity contribution in [3.63, 3.8) is 0 Å². The van der Waals surface area contributed by atoms with Gasteiger partial charge in [0.15, 0.2) is 0 Å². The van der Waals surface area contributed by atoms with Gasteiger partial charge in [-0.05, 0) is 6.42 Å². The van der Waals surface area contributed by atoms with Gasteiger partial charge in [0.05, 0.1) is 6.61 Å². The molecule has 0 radical (unpaired) electrons. The minimum atomic E-state index is -3.96. The fourth-order valence-electron chi connectivity index (χ4n) is 0.417. The summed E-state index contributed by atoms with van der Waals surface area (Å²) < 4.78 is 19.1. The number of phosphoric acid groups is 1. The summed E-state index contributed by atoms with van der Waals surface area (Å²) in [5.74, 6) is 0. The molecule has 1 atom stereocenters. The molecule has 0 saturated carbocycles. The average Bonchev–Trinajstić information content (AvgIpc) is 1.87. The Morgan fingerprint density at radius 1 is 1.73 bits per heavy atom. The summed E-state index contributed by atoms with van der Waals surface area (Å²) in [5, 5.41) is 0. The molecule has 0 aliphatic carbocycles. The molecule has 0 heterocycles. The van der Waals surface area contributed by atoms with Crippen LogP contribution in [0, 0.1) is 12.5 Å². The molecule has 11 heavy (non-hydrogen) atoms. The number of terminal acetylenes is 1. The van der Waals surface area contributed by atoms with E-state index in [0.29, 0.717) is 6.42 Å². The Hall–Kier alpha value is -0.490. The van der Waals surface area contributed by atoms with Gasteiger partial charge in [-0.1, -0.05) is 19.8 Å². The van der Waals surface area contributed by atoms with E-state index in [4.69, 9.17) is 4.89 Å². The van der Waals surface area contributed by atoms with Crippen LogP contribution >= 0.6 is 7.82 Å². The van der Waals surface area contributed by atoms with E-state index in [-0.39, 0.29) is 6.61 Å².